The fourth-order valence-corrected chi connectivity index (χ4v) is 1.45. The van der Waals surface area contributed by atoms with Crippen LogP contribution in [-0.4, -0.2) is 17.7 Å². The minimum absolute atomic E-state index is 0.0249. The molecule has 84 valence electrons. The average molecular weight is 240 g/mol. The van der Waals surface area contributed by atoms with Crippen molar-refractivity contribution in [1.29, 1.82) is 5.26 Å². The number of hydrogen-bond acceptors (Lipinski definition) is 4. The zero-order chi connectivity index (χ0) is 12.1. The standard InChI is InChI=1S/C11H10ClNO3/c1-2-16-11(15)9-3-8(6-13)10(14)4-7(9)5-12/h3-4,14H,2,5H2,1H3. The molecule has 0 saturated carbocycles. The highest BCUT2D eigenvalue weighted by Crippen LogP contribution is 2.24. The van der Waals surface area contributed by atoms with Gasteiger partial charge in [-0.15, -0.1) is 11.6 Å². The van der Waals surface area contributed by atoms with Crippen LogP contribution in [0.15, 0.2) is 12.1 Å². The van der Waals surface area contributed by atoms with Crippen molar-refractivity contribution in [3.8, 4) is 11.8 Å². The summed E-state index contributed by atoms with van der Waals surface area (Å²) >= 11 is 5.64. The Labute approximate surface area is 98.0 Å². The molecule has 0 heterocycles. The highest BCUT2D eigenvalue weighted by atomic mass is 35.5. The van der Waals surface area contributed by atoms with Gasteiger partial charge in [-0.05, 0) is 24.6 Å². The number of benzene rings is 1. The Bertz CT molecular complexity index is 451. The van der Waals surface area contributed by atoms with Crippen LogP contribution >= 0.6 is 11.6 Å². The highest BCUT2D eigenvalue weighted by Gasteiger charge is 2.15. The van der Waals surface area contributed by atoms with Crippen LogP contribution < -0.4 is 0 Å². The van der Waals surface area contributed by atoms with E-state index in [1.54, 1.807) is 13.0 Å². The Morgan fingerprint density at radius 3 is 2.81 bits per heavy atom. The molecule has 1 aromatic rings. The van der Waals surface area contributed by atoms with Gasteiger partial charge in [-0.3, -0.25) is 0 Å². The normalized spacial score (nSPS) is 9.56. The monoisotopic (exact) mass is 239 g/mol. The van der Waals surface area contributed by atoms with Crippen molar-refractivity contribution in [2.75, 3.05) is 6.61 Å². The number of nitrogens with zero attached hydrogens (tertiary/aromatic N) is 1. The van der Waals surface area contributed by atoms with Crippen LogP contribution in [0.5, 0.6) is 5.75 Å². The predicted molar refractivity (Wildman–Crippen MR) is 58.3 cm³/mol. The third-order valence-electron chi connectivity index (χ3n) is 1.98. The van der Waals surface area contributed by atoms with E-state index in [9.17, 15) is 9.90 Å². The fourth-order valence-electron chi connectivity index (χ4n) is 1.23. The number of rotatable bonds is 3. The van der Waals surface area contributed by atoms with Gasteiger partial charge in [0.15, 0.2) is 0 Å². The minimum Gasteiger partial charge on any atom is -0.507 e. The fraction of sp³-hybridized carbons (Fsp3) is 0.273. The second kappa shape index (κ2) is 5.38. The summed E-state index contributed by atoms with van der Waals surface area (Å²) in [5.41, 5.74) is 0.680. The van der Waals surface area contributed by atoms with E-state index in [1.807, 2.05) is 0 Å². The van der Waals surface area contributed by atoms with E-state index in [0.29, 0.717) is 5.56 Å². The van der Waals surface area contributed by atoms with E-state index < -0.39 is 5.97 Å². The first-order chi connectivity index (χ1) is 7.63. The van der Waals surface area contributed by atoms with E-state index in [2.05, 4.69) is 0 Å². The number of phenolic OH excluding ortho intramolecular Hbond substituents is 1. The Morgan fingerprint density at radius 1 is 1.62 bits per heavy atom. The number of carbonyl (C=O) groups excluding carboxylic acids is 1. The average Bonchev–Trinajstić information content (AvgIpc) is 2.28. The number of carbonyl (C=O) groups is 1. The summed E-state index contributed by atoms with van der Waals surface area (Å²) < 4.78 is 4.82. The first-order valence-corrected chi connectivity index (χ1v) is 5.16. The molecule has 0 atom stereocenters. The third kappa shape index (κ3) is 2.44. The largest absolute Gasteiger partial charge is 0.507 e. The molecule has 0 aromatic heterocycles. The summed E-state index contributed by atoms with van der Waals surface area (Å²) in [5, 5.41) is 18.1. The van der Waals surface area contributed by atoms with Crippen LogP contribution in [0, 0.1) is 11.3 Å². The number of phenols is 1. The number of esters is 1. The Morgan fingerprint density at radius 2 is 2.31 bits per heavy atom. The van der Waals surface area contributed by atoms with Crippen LogP contribution in [0.25, 0.3) is 0 Å². The SMILES string of the molecule is CCOC(=O)c1cc(C#N)c(O)cc1CCl. The molecule has 0 amide bonds. The molecule has 0 fully saturated rings. The van der Waals surface area contributed by atoms with Gasteiger partial charge in [0, 0.05) is 5.88 Å². The molecule has 16 heavy (non-hydrogen) atoms. The van der Waals surface area contributed by atoms with Gasteiger partial charge in [-0.2, -0.15) is 5.26 Å². The zero-order valence-corrected chi connectivity index (χ0v) is 9.41. The maximum Gasteiger partial charge on any atom is 0.338 e. The summed E-state index contributed by atoms with van der Waals surface area (Å²) in [6.07, 6.45) is 0. The van der Waals surface area contributed by atoms with Crippen LogP contribution in [0.1, 0.15) is 28.4 Å². The third-order valence-corrected chi connectivity index (χ3v) is 2.27. The molecule has 0 unspecified atom stereocenters. The topological polar surface area (TPSA) is 70.3 Å². The maximum absolute atomic E-state index is 11.5. The van der Waals surface area contributed by atoms with Gasteiger partial charge >= 0.3 is 5.97 Å². The van der Waals surface area contributed by atoms with E-state index in [-0.39, 0.29) is 29.4 Å². The van der Waals surface area contributed by atoms with Crippen molar-refractivity contribution < 1.29 is 14.6 Å². The highest BCUT2D eigenvalue weighted by molar-refractivity contribution is 6.17. The molecule has 1 N–H and O–H groups in total. The van der Waals surface area contributed by atoms with E-state index in [4.69, 9.17) is 21.6 Å². The Hall–Kier alpha value is -1.73. The van der Waals surface area contributed by atoms with Crippen molar-refractivity contribution >= 4 is 17.6 Å². The van der Waals surface area contributed by atoms with Crippen LogP contribution in [0.2, 0.25) is 0 Å². The number of aromatic hydroxyl groups is 1. The van der Waals surface area contributed by atoms with Gasteiger partial charge in [0.2, 0.25) is 0 Å². The van der Waals surface area contributed by atoms with Gasteiger partial charge in [-0.25, -0.2) is 4.79 Å². The summed E-state index contributed by atoms with van der Waals surface area (Å²) in [4.78, 5) is 11.5. The predicted octanol–water partition coefficient (Wildman–Crippen LogP) is 2.18. The van der Waals surface area contributed by atoms with Crippen molar-refractivity contribution in [3.63, 3.8) is 0 Å². The lowest BCUT2D eigenvalue weighted by Crippen LogP contribution is -2.08. The van der Waals surface area contributed by atoms with Crippen molar-refractivity contribution in [3.05, 3.63) is 28.8 Å². The number of hydrogen-bond donors (Lipinski definition) is 1. The van der Waals surface area contributed by atoms with Gasteiger partial charge in [0.1, 0.15) is 11.8 Å². The number of alkyl halides is 1. The lowest BCUT2D eigenvalue weighted by Gasteiger charge is -2.08. The molecule has 0 spiro atoms. The van der Waals surface area contributed by atoms with Crippen LogP contribution in [0.3, 0.4) is 0 Å². The van der Waals surface area contributed by atoms with Gasteiger partial charge in [0.05, 0.1) is 17.7 Å². The quantitative estimate of drug-likeness (QED) is 0.648. The zero-order valence-electron chi connectivity index (χ0n) is 8.66. The van der Waals surface area contributed by atoms with Crippen molar-refractivity contribution in [1.82, 2.24) is 0 Å². The Kier molecular flexibility index (Phi) is 4.15. The molecule has 1 rings (SSSR count). The van der Waals surface area contributed by atoms with Gasteiger partial charge in [-0.1, -0.05) is 0 Å². The number of nitriles is 1. The molecule has 5 heteroatoms. The lowest BCUT2D eigenvalue weighted by atomic mass is 10.0. The summed E-state index contributed by atoms with van der Waals surface area (Å²) in [6.45, 7) is 1.92. The van der Waals surface area contributed by atoms with Crippen LogP contribution in [0.4, 0.5) is 0 Å². The number of ether oxygens (including phenoxy) is 1. The summed E-state index contributed by atoms with van der Waals surface area (Å²) in [5.74, 6) is -0.672. The molecule has 0 radical (unpaired) electrons. The summed E-state index contributed by atoms with van der Waals surface area (Å²) in [7, 11) is 0. The molecular formula is C11H10ClNO3. The molecule has 1 aromatic carbocycles. The van der Waals surface area contributed by atoms with Crippen LogP contribution in [-0.2, 0) is 10.6 Å². The molecular weight excluding hydrogens is 230 g/mol. The first-order valence-electron chi connectivity index (χ1n) is 4.63. The lowest BCUT2D eigenvalue weighted by molar-refractivity contribution is 0.0525. The maximum atomic E-state index is 11.5. The molecule has 4 nitrogen and oxygen atoms in total. The first kappa shape index (κ1) is 12.3. The second-order valence-corrected chi connectivity index (χ2v) is 3.26. The second-order valence-electron chi connectivity index (χ2n) is 2.99. The van der Waals surface area contributed by atoms with E-state index in [1.165, 1.54) is 12.1 Å². The molecule has 0 aliphatic rings. The van der Waals surface area contributed by atoms with Crippen molar-refractivity contribution in [2.24, 2.45) is 0 Å². The Balaban J connectivity index is 3.26. The molecule has 0 bridgehead atoms. The molecule has 0 aliphatic carbocycles. The molecule has 0 aliphatic heterocycles. The van der Waals surface area contributed by atoms with E-state index >= 15 is 0 Å². The van der Waals surface area contributed by atoms with Crippen molar-refractivity contribution in [2.45, 2.75) is 12.8 Å². The van der Waals surface area contributed by atoms with Gasteiger partial charge in [0.25, 0.3) is 0 Å². The van der Waals surface area contributed by atoms with Gasteiger partial charge < -0.3 is 9.84 Å². The van der Waals surface area contributed by atoms with E-state index in [0.717, 1.165) is 0 Å². The number of halogens is 1. The smallest absolute Gasteiger partial charge is 0.338 e. The summed E-state index contributed by atoms with van der Waals surface area (Å²) in [6, 6.07) is 4.37. The minimum atomic E-state index is -0.547. The molecule has 0 saturated heterocycles.